The normalized spacial score (nSPS) is 20.4. The van der Waals surface area contributed by atoms with Crippen molar-refractivity contribution in [2.45, 2.75) is 37.4 Å². The quantitative estimate of drug-likeness (QED) is 0.908. The van der Waals surface area contributed by atoms with E-state index >= 15 is 0 Å². The minimum Gasteiger partial charge on any atom is -0.388 e. The number of rotatable bonds is 3. The third kappa shape index (κ3) is 3.42. The maximum Gasteiger partial charge on any atom is 0.441 e. The average molecular weight is 265 g/mol. The summed E-state index contributed by atoms with van der Waals surface area (Å²) in [5.41, 5.74) is -2.21. The van der Waals surface area contributed by atoms with Gasteiger partial charge in [-0.1, -0.05) is 0 Å². The van der Waals surface area contributed by atoms with E-state index < -0.39 is 11.6 Å². The second-order valence-corrected chi connectivity index (χ2v) is 5.34. The summed E-state index contributed by atoms with van der Waals surface area (Å²) in [5.74, 6) is 0.00710. The topological polar surface area (TPSA) is 25.2 Å². The predicted molar refractivity (Wildman–Crippen MR) is 60.8 cm³/mol. The highest BCUT2D eigenvalue weighted by molar-refractivity contribution is 8.00. The molecule has 1 aromatic heterocycles. The summed E-state index contributed by atoms with van der Waals surface area (Å²) in [6.07, 6.45) is 5.77. The molecule has 0 amide bonds. The first kappa shape index (κ1) is 12.8. The van der Waals surface area contributed by atoms with Crippen LogP contribution in [0.4, 0.5) is 13.2 Å². The van der Waals surface area contributed by atoms with E-state index in [4.69, 9.17) is 0 Å². The minimum absolute atomic E-state index is 0.00710. The summed E-state index contributed by atoms with van der Waals surface area (Å²) in [4.78, 5) is 0. The summed E-state index contributed by atoms with van der Waals surface area (Å²) in [6, 6.07) is 0. The molecule has 1 aromatic rings. The molecule has 17 heavy (non-hydrogen) atoms. The van der Waals surface area contributed by atoms with Gasteiger partial charge in [0, 0.05) is 30.3 Å². The van der Waals surface area contributed by atoms with Crippen LogP contribution in [0.3, 0.4) is 0 Å². The van der Waals surface area contributed by atoms with Crippen LogP contribution in [0.25, 0.3) is 0 Å². The van der Waals surface area contributed by atoms with Crippen LogP contribution in [-0.2, 0) is 13.0 Å². The van der Waals surface area contributed by atoms with Crippen LogP contribution in [0.2, 0.25) is 0 Å². The van der Waals surface area contributed by atoms with Gasteiger partial charge in [-0.2, -0.15) is 13.2 Å². The smallest absolute Gasteiger partial charge is 0.388 e. The molecular formula is C11H14F3NOS. The third-order valence-electron chi connectivity index (χ3n) is 2.90. The van der Waals surface area contributed by atoms with E-state index in [9.17, 15) is 18.3 Å². The van der Waals surface area contributed by atoms with E-state index in [-0.39, 0.29) is 17.5 Å². The SMILES string of the molecule is OC1CCCc2cn(CCSC(F)(F)F)cc21. The Morgan fingerprint density at radius 3 is 2.82 bits per heavy atom. The van der Waals surface area contributed by atoms with Gasteiger partial charge in [-0.25, -0.2) is 0 Å². The lowest BCUT2D eigenvalue weighted by Gasteiger charge is -2.16. The summed E-state index contributed by atoms with van der Waals surface area (Å²) in [6.45, 7) is 0.323. The molecule has 0 fully saturated rings. The molecule has 0 saturated carbocycles. The molecule has 0 aliphatic heterocycles. The highest BCUT2D eigenvalue weighted by atomic mass is 32.2. The molecule has 2 nitrogen and oxygen atoms in total. The molecule has 1 aliphatic carbocycles. The van der Waals surface area contributed by atoms with E-state index in [1.165, 1.54) is 0 Å². The number of aryl methyl sites for hydroxylation is 2. The molecule has 0 radical (unpaired) electrons. The first-order valence-corrected chi connectivity index (χ1v) is 6.51. The minimum atomic E-state index is -4.16. The van der Waals surface area contributed by atoms with Crippen molar-refractivity contribution in [2.24, 2.45) is 0 Å². The molecule has 1 atom stereocenters. The molecule has 1 unspecified atom stereocenters. The number of aliphatic hydroxyl groups excluding tert-OH is 1. The van der Waals surface area contributed by atoms with Crippen molar-refractivity contribution >= 4 is 11.8 Å². The van der Waals surface area contributed by atoms with Crippen LogP contribution in [0.5, 0.6) is 0 Å². The lowest BCUT2D eigenvalue weighted by molar-refractivity contribution is -0.0328. The van der Waals surface area contributed by atoms with Crippen LogP contribution in [-0.4, -0.2) is 20.9 Å². The van der Waals surface area contributed by atoms with Crippen LogP contribution >= 0.6 is 11.8 Å². The van der Waals surface area contributed by atoms with Gasteiger partial charge in [0.1, 0.15) is 0 Å². The van der Waals surface area contributed by atoms with E-state index in [0.29, 0.717) is 6.54 Å². The van der Waals surface area contributed by atoms with E-state index in [2.05, 4.69) is 0 Å². The van der Waals surface area contributed by atoms with Crippen molar-refractivity contribution in [3.8, 4) is 0 Å². The van der Waals surface area contributed by atoms with Gasteiger partial charge in [0.05, 0.1) is 6.10 Å². The Hall–Kier alpha value is -0.620. The van der Waals surface area contributed by atoms with Crippen LogP contribution < -0.4 is 0 Å². The Bertz CT molecular complexity index is 389. The van der Waals surface area contributed by atoms with Crippen molar-refractivity contribution < 1.29 is 18.3 Å². The maximum atomic E-state index is 12.0. The number of alkyl halides is 3. The number of aliphatic hydroxyl groups is 1. The highest BCUT2D eigenvalue weighted by Gasteiger charge is 2.27. The van der Waals surface area contributed by atoms with Gasteiger partial charge in [-0.3, -0.25) is 0 Å². The third-order valence-corrected chi connectivity index (χ3v) is 3.61. The van der Waals surface area contributed by atoms with Crippen molar-refractivity contribution in [1.82, 2.24) is 4.57 Å². The zero-order valence-corrected chi connectivity index (χ0v) is 10.0. The molecule has 0 aromatic carbocycles. The largest absolute Gasteiger partial charge is 0.441 e. The molecule has 0 bridgehead atoms. The van der Waals surface area contributed by atoms with E-state index in [0.717, 1.165) is 30.4 Å². The van der Waals surface area contributed by atoms with Crippen LogP contribution in [0, 0.1) is 0 Å². The molecule has 96 valence electrons. The number of hydrogen-bond donors (Lipinski definition) is 1. The first-order chi connectivity index (χ1) is 7.96. The molecule has 1 heterocycles. The van der Waals surface area contributed by atoms with Gasteiger partial charge in [-0.05, 0) is 36.6 Å². The van der Waals surface area contributed by atoms with Gasteiger partial charge in [0.25, 0.3) is 0 Å². The summed E-state index contributed by atoms with van der Waals surface area (Å²) >= 11 is -0.00819. The molecule has 0 saturated heterocycles. The Morgan fingerprint density at radius 1 is 1.41 bits per heavy atom. The number of hydrogen-bond acceptors (Lipinski definition) is 2. The number of nitrogens with zero attached hydrogens (tertiary/aromatic N) is 1. The predicted octanol–water partition coefficient (Wildman–Crippen LogP) is 3.11. The Morgan fingerprint density at radius 2 is 2.18 bits per heavy atom. The van der Waals surface area contributed by atoms with Gasteiger partial charge >= 0.3 is 5.51 Å². The van der Waals surface area contributed by atoms with E-state index in [1.54, 1.807) is 10.8 Å². The van der Waals surface area contributed by atoms with Crippen molar-refractivity contribution in [3.63, 3.8) is 0 Å². The van der Waals surface area contributed by atoms with Crippen molar-refractivity contribution in [2.75, 3.05) is 5.75 Å². The number of aromatic nitrogens is 1. The lowest BCUT2D eigenvalue weighted by atomic mass is 9.93. The summed E-state index contributed by atoms with van der Waals surface area (Å²) < 4.78 is 37.6. The summed E-state index contributed by atoms with van der Waals surface area (Å²) in [5, 5.41) is 9.73. The molecule has 1 aliphatic rings. The Kier molecular flexibility index (Phi) is 3.73. The maximum absolute atomic E-state index is 12.0. The first-order valence-electron chi connectivity index (χ1n) is 5.53. The van der Waals surface area contributed by atoms with Crippen LogP contribution in [0.1, 0.15) is 30.1 Å². The van der Waals surface area contributed by atoms with Gasteiger partial charge in [-0.15, -0.1) is 0 Å². The molecule has 1 N–H and O–H groups in total. The summed E-state index contributed by atoms with van der Waals surface area (Å²) in [7, 11) is 0. The van der Waals surface area contributed by atoms with Gasteiger partial charge < -0.3 is 9.67 Å². The van der Waals surface area contributed by atoms with Crippen molar-refractivity contribution in [1.29, 1.82) is 0 Å². The molecular weight excluding hydrogens is 251 g/mol. The zero-order chi connectivity index (χ0) is 12.5. The second kappa shape index (κ2) is 4.94. The fourth-order valence-electron chi connectivity index (χ4n) is 2.12. The average Bonchev–Trinajstić information content (AvgIpc) is 2.60. The van der Waals surface area contributed by atoms with E-state index in [1.807, 2.05) is 6.20 Å². The van der Waals surface area contributed by atoms with Crippen LogP contribution in [0.15, 0.2) is 12.4 Å². The second-order valence-electron chi connectivity index (χ2n) is 4.18. The number of thioether (sulfide) groups is 1. The monoisotopic (exact) mass is 265 g/mol. The Labute approximate surface area is 102 Å². The molecule has 6 heteroatoms. The fraction of sp³-hybridized carbons (Fsp3) is 0.636. The zero-order valence-electron chi connectivity index (χ0n) is 9.20. The molecule has 0 spiro atoms. The number of fused-ring (bicyclic) bond motifs is 1. The van der Waals surface area contributed by atoms with Gasteiger partial charge in [0.15, 0.2) is 0 Å². The standard InChI is InChI=1S/C11H14F3NOS/c12-11(13,14)17-5-4-15-6-8-2-1-3-10(16)9(8)7-15/h6-7,10,16H,1-5H2. The highest BCUT2D eigenvalue weighted by Crippen LogP contribution is 2.32. The fourth-order valence-corrected chi connectivity index (χ4v) is 2.65. The Balaban J connectivity index is 1.94. The lowest BCUT2D eigenvalue weighted by Crippen LogP contribution is -2.06. The molecule has 2 rings (SSSR count). The van der Waals surface area contributed by atoms with Gasteiger partial charge in [0.2, 0.25) is 0 Å². The number of halogens is 3. The van der Waals surface area contributed by atoms with Crippen molar-refractivity contribution in [3.05, 3.63) is 23.5 Å².